The van der Waals surface area contributed by atoms with Crippen molar-refractivity contribution < 1.29 is 28.4 Å². The van der Waals surface area contributed by atoms with E-state index in [1.165, 1.54) is 0 Å². The summed E-state index contributed by atoms with van der Waals surface area (Å²) in [6, 6.07) is 20.4. The Morgan fingerprint density at radius 1 is 0.658 bits per heavy atom. The fourth-order valence-electron chi connectivity index (χ4n) is 5.81. The van der Waals surface area contributed by atoms with Crippen molar-refractivity contribution in [3.63, 3.8) is 0 Å². The van der Waals surface area contributed by atoms with E-state index < -0.39 is 6.29 Å². The zero-order chi connectivity index (χ0) is 27.2. The summed E-state index contributed by atoms with van der Waals surface area (Å²) in [5.41, 5.74) is 2.26. The molecule has 0 saturated carbocycles. The summed E-state index contributed by atoms with van der Waals surface area (Å²) in [5.74, 6) is -0.0463. The van der Waals surface area contributed by atoms with Crippen LogP contribution in [-0.4, -0.2) is 81.2 Å². The van der Waals surface area contributed by atoms with E-state index in [2.05, 4.69) is 64.0 Å². The maximum Gasteiger partial charge on any atom is 0.163 e. The molecule has 0 aliphatic carbocycles. The average Bonchev–Trinajstić information content (AvgIpc) is 2.91. The van der Waals surface area contributed by atoms with E-state index in [9.17, 15) is 0 Å². The minimum atomic E-state index is -0.465. The lowest BCUT2D eigenvalue weighted by Gasteiger charge is -2.50. The molecule has 0 N–H and O–H groups in total. The van der Waals surface area contributed by atoms with Crippen molar-refractivity contribution in [1.82, 2.24) is 4.90 Å². The van der Waals surface area contributed by atoms with Crippen molar-refractivity contribution >= 4 is 0 Å². The molecule has 38 heavy (non-hydrogen) atoms. The largest absolute Gasteiger partial charge is 0.378 e. The average molecular weight is 528 g/mol. The first-order chi connectivity index (χ1) is 18.3. The fourth-order valence-corrected chi connectivity index (χ4v) is 5.81. The topological polar surface area (TPSA) is 58.6 Å². The molecule has 0 aromatic heterocycles. The van der Waals surface area contributed by atoms with Gasteiger partial charge in [0.2, 0.25) is 0 Å². The van der Waals surface area contributed by atoms with Gasteiger partial charge in [0.05, 0.1) is 43.7 Å². The SMILES string of the molecule is CO[C@@H]1[C@H](OCc2ccccc2)[C@H](C)OC(O[C@H]2[C@H](N(C)C)[C@@H](OCc3ccccc3)C(C)O[C@@H]2C)[C@H]1C. The lowest BCUT2D eigenvalue weighted by Crippen LogP contribution is -2.64. The molecule has 2 aromatic carbocycles. The van der Waals surface area contributed by atoms with Crippen LogP contribution in [-0.2, 0) is 41.6 Å². The van der Waals surface area contributed by atoms with Crippen LogP contribution in [0.3, 0.4) is 0 Å². The quantitative estimate of drug-likeness (QED) is 0.445. The molecule has 2 aliphatic rings. The van der Waals surface area contributed by atoms with Crippen LogP contribution in [0.2, 0.25) is 0 Å². The zero-order valence-corrected chi connectivity index (χ0v) is 23.9. The second kappa shape index (κ2) is 13.5. The van der Waals surface area contributed by atoms with Crippen molar-refractivity contribution in [1.29, 1.82) is 0 Å². The van der Waals surface area contributed by atoms with Crippen molar-refractivity contribution in [3.05, 3.63) is 71.8 Å². The molecule has 4 rings (SSSR count). The minimum absolute atomic E-state index is 0.0170. The second-order valence-corrected chi connectivity index (χ2v) is 10.9. The summed E-state index contributed by atoms with van der Waals surface area (Å²) in [6.07, 6.45) is -1.67. The van der Waals surface area contributed by atoms with Crippen LogP contribution < -0.4 is 0 Å². The first kappa shape index (κ1) is 29.2. The van der Waals surface area contributed by atoms with Gasteiger partial charge in [-0.25, -0.2) is 0 Å². The molecular weight excluding hydrogens is 482 g/mol. The van der Waals surface area contributed by atoms with Crippen molar-refractivity contribution in [2.75, 3.05) is 21.2 Å². The third kappa shape index (κ3) is 6.83. The van der Waals surface area contributed by atoms with Crippen LogP contribution in [0.15, 0.2) is 60.7 Å². The lowest BCUT2D eigenvalue weighted by molar-refractivity contribution is -0.324. The Morgan fingerprint density at radius 2 is 1.16 bits per heavy atom. The number of hydrogen-bond acceptors (Lipinski definition) is 7. The minimum Gasteiger partial charge on any atom is -0.378 e. The zero-order valence-electron chi connectivity index (χ0n) is 23.9. The summed E-state index contributed by atoms with van der Waals surface area (Å²) < 4.78 is 38.4. The number of hydrogen-bond donors (Lipinski definition) is 0. The van der Waals surface area contributed by atoms with Gasteiger partial charge in [0.1, 0.15) is 18.3 Å². The summed E-state index contributed by atoms with van der Waals surface area (Å²) in [5, 5.41) is 0. The molecule has 7 nitrogen and oxygen atoms in total. The molecule has 2 aliphatic heterocycles. The Kier molecular flexibility index (Phi) is 10.3. The van der Waals surface area contributed by atoms with E-state index in [4.69, 9.17) is 28.4 Å². The highest BCUT2D eigenvalue weighted by atomic mass is 16.7. The fraction of sp³-hybridized carbons (Fsp3) is 0.613. The number of ether oxygens (including phenoxy) is 6. The summed E-state index contributed by atoms with van der Waals surface area (Å²) in [6.45, 7) is 9.31. The summed E-state index contributed by atoms with van der Waals surface area (Å²) >= 11 is 0. The van der Waals surface area contributed by atoms with Crippen molar-refractivity contribution in [2.24, 2.45) is 5.92 Å². The van der Waals surface area contributed by atoms with Gasteiger partial charge >= 0.3 is 0 Å². The van der Waals surface area contributed by atoms with E-state index in [1.54, 1.807) is 7.11 Å². The second-order valence-electron chi connectivity index (χ2n) is 10.9. The molecule has 10 atom stereocenters. The lowest BCUT2D eigenvalue weighted by atomic mass is 9.90. The van der Waals surface area contributed by atoms with Crippen LogP contribution in [0.4, 0.5) is 0 Å². The smallest absolute Gasteiger partial charge is 0.163 e. The van der Waals surface area contributed by atoms with Gasteiger partial charge in [0, 0.05) is 13.0 Å². The molecule has 2 unspecified atom stereocenters. The molecule has 2 saturated heterocycles. The van der Waals surface area contributed by atoms with Gasteiger partial charge in [-0.15, -0.1) is 0 Å². The van der Waals surface area contributed by atoms with Crippen LogP contribution >= 0.6 is 0 Å². The van der Waals surface area contributed by atoms with Crippen LogP contribution in [0, 0.1) is 5.92 Å². The van der Waals surface area contributed by atoms with Gasteiger partial charge in [-0.3, -0.25) is 0 Å². The monoisotopic (exact) mass is 527 g/mol. The number of benzene rings is 2. The first-order valence-corrected chi connectivity index (χ1v) is 13.8. The standard InChI is InChI=1S/C31H45NO6/c1-20-27(33-7)30(35-19-25-16-12-9-13-17-25)23(4)37-31(20)38-29-22(3)36-21(2)28(26(29)32(5)6)34-18-24-14-10-8-11-15-24/h8-17,20-23,26-31H,18-19H2,1-7H3/t20-,21?,22+,23-,26+,27-,28-,29+,30+,31?/m0/s1. The molecule has 0 spiro atoms. The van der Waals surface area contributed by atoms with Crippen molar-refractivity contribution in [2.45, 2.75) is 96.0 Å². The van der Waals surface area contributed by atoms with Crippen LogP contribution in [0.5, 0.6) is 0 Å². The number of methoxy groups -OCH3 is 1. The summed E-state index contributed by atoms with van der Waals surface area (Å²) in [4.78, 5) is 2.19. The van der Waals surface area contributed by atoms with Crippen LogP contribution in [0.25, 0.3) is 0 Å². The molecule has 210 valence electrons. The molecule has 0 bridgehead atoms. The highest BCUT2D eigenvalue weighted by Gasteiger charge is 2.50. The number of rotatable bonds is 10. The first-order valence-electron chi connectivity index (χ1n) is 13.8. The molecule has 0 radical (unpaired) electrons. The van der Waals surface area contributed by atoms with Gasteiger partial charge in [0.25, 0.3) is 0 Å². The van der Waals surface area contributed by atoms with Crippen molar-refractivity contribution in [3.8, 4) is 0 Å². The van der Waals surface area contributed by atoms with Crippen LogP contribution in [0.1, 0.15) is 38.8 Å². The normalized spacial score (nSPS) is 35.9. The highest BCUT2D eigenvalue weighted by Crippen LogP contribution is 2.35. The maximum atomic E-state index is 6.77. The summed E-state index contributed by atoms with van der Waals surface area (Å²) in [7, 11) is 5.88. The highest BCUT2D eigenvalue weighted by molar-refractivity contribution is 5.14. The maximum absolute atomic E-state index is 6.77. The van der Waals surface area contributed by atoms with E-state index in [0.717, 1.165) is 11.1 Å². The van der Waals surface area contributed by atoms with Gasteiger partial charge < -0.3 is 33.3 Å². The number of nitrogens with zero attached hydrogens (tertiary/aromatic N) is 1. The van der Waals surface area contributed by atoms with Gasteiger partial charge in [-0.1, -0.05) is 67.6 Å². The Hall–Kier alpha value is -1.84. The Morgan fingerprint density at radius 3 is 1.68 bits per heavy atom. The van der Waals surface area contributed by atoms with E-state index in [1.807, 2.05) is 43.3 Å². The van der Waals surface area contributed by atoms with E-state index in [-0.39, 0.29) is 54.7 Å². The predicted octanol–water partition coefficient (Wildman–Crippen LogP) is 4.68. The Bertz CT molecular complexity index is 959. The van der Waals surface area contributed by atoms with Gasteiger partial charge in [-0.05, 0) is 46.0 Å². The predicted molar refractivity (Wildman–Crippen MR) is 147 cm³/mol. The molecule has 7 heteroatoms. The molecule has 2 aromatic rings. The molecule has 0 amide bonds. The molecule has 2 heterocycles. The van der Waals surface area contributed by atoms with Gasteiger partial charge in [-0.2, -0.15) is 0 Å². The molecular formula is C31H45NO6. The van der Waals surface area contributed by atoms with E-state index in [0.29, 0.717) is 13.2 Å². The Balaban J connectivity index is 1.46. The Labute approximate surface area is 228 Å². The number of likely N-dealkylation sites (N-methyl/N-ethyl adjacent to an activating group) is 1. The third-order valence-corrected chi connectivity index (χ3v) is 7.84. The van der Waals surface area contributed by atoms with E-state index >= 15 is 0 Å². The molecule has 2 fully saturated rings. The third-order valence-electron chi connectivity index (χ3n) is 7.84. The van der Waals surface area contributed by atoms with Gasteiger partial charge in [0.15, 0.2) is 6.29 Å².